The van der Waals surface area contributed by atoms with Gasteiger partial charge >= 0.3 is 0 Å². The molecule has 0 bridgehead atoms. The molecule has 1 aromatic rings. The molecule has 0 fully saturated rings. The smallest absolute Gasteiger partial charge is 0.137 e. The first-order chi connectivity index (χ1) is 8.10. The minimum absolute atomic E-state index is 0.343. The van der Waals surface area contributed by atoms with Crippen molar-refractivity contribution in [3.05, 3.63) is 21.7 Å². The normalized spacial score (nSPS) is 23.1. The summed E-state index contributed by atoms with van der Waals surface area (Å²) in [7, 11) is 3.44. The van der Waals surface area contributed by atoms with Crippen LogP contribution in [0.2, 0.25) is 0 Å². The second kappa shape index (κ2) is 5.19. The van der Waals surface area contributed by atoms with Crippen molar-refractivity contribution in [2.75, 3.05) is 14.2 Å². The summed E-state index contributed by atoms with van der Waals surface area (Å²) >= 11 is 7.30. The fraction of sp³-hybridized carbons (Fsp3) is 0.538. The Morgan fingerprint density at radius 2 is 1.88 bits per heavy atom. The van der Waals surface area contributed by atoms with Gasteiger partial charge in [0, 0.05) is 16.0 Å². The number of alkyl halides is 1. The molecule has 0 aliphatic heterocycles. The van der Waals surface area contributed by atoms with Gasteiger partial charge in [0.1, 0.15) is 11.5 Å². The van der Waals surface area contributed by atoms with Gasteiger partial charge in [-0.1, -0.05) is 22.9 Å². The van der Waals surface area contributed by atoms with Crippen molar-refractivity contribution in [1.29, 1.82) is 0 Å². The third-order valence-corrected chi connectivity index (χ3v) is 4.86. The zero-order valence-electron chi connectivity index (χ0n) is 10.2. The van der Waals surface area contributed by atoms with Crippen LogP contribution in [-0.2, 0) is 0 Å². The van der Waals surface area contributed by atoms with Gasteiger partial charge in [0.25, 0.3) is 0 Å². The molecule has 2 nitrogen and oxygen atoms in total. The molecular weight excluding hydrogens is 348 g/mol. The van der Waals surface area contributed by atoms with E-state index in [4.69, 9.17) is 9.47 Å². The highest BCUT2D eigenvalue weighted by Crippen LogP contribution is 2.52. The zero-order chi connectivity index (χ0) is 12.6. The van der Waals surface area contributed by atoms with Crippen LogP contribution in [0.1, 0.15) is 41.6 Å². The molecule has 2 unspecified atom stereocenters. The summed E-state index contributed by atoms with van der Waals surface area (Å²) in [5, 5.41) is 0. The van der Waals surface area contributed by atoms with Crippen LogP contribution in [0.15, 0.2) is 10.5 Å². The Labute approximate surface area is 119 Å². The Hall–Kier alpha value is -0.220. The van der Waals surface area contributed by atoms with Crippen LogP contribution in [0.3, 0.4) is 0 Å². The van der Waals surface area contributed by atoms with E-state index in [0.29, 0.717) is 10.7 Å². The number of benzene rings is 1. The van der Waals surface area contributed by atoms with Crippen LogP contribution in [0.4, 0.5) is 0 Å². The fourth-order valence-electron chi connectivity index (χ4n) is 2.52. The average molecular weight is 364 g/mol. The summed E-state index contributed by atoms with van der Waals surface area (Å²) in [5.74, 6) is 2.38. The minimum atomic E-state index is 0.343. The molecule has 0 spiro atoms. The summed E-state index contributed by atoms with van der Waals surface area (Å²) < 4.78 is 12.0. The van der Waals surface area contributed by atoms with Crippen molar-refractivity contribution in [2.45, 2.75) is 30.5 Å². The van der Waals surface area contributed by atoms with Gasteiger partial charge in [-0.2, -0.15) is 0 Å². The van der Waals surface area contributed by atoms with E-state index in [-0.39, 0.29) is 0 Å². The molecule has 0 N–H and O–H groups in total. The second-order valence-electron chi connectivity index (χ2n) is 4.37. The number of methoxy groups -OCH3 is 2. The molecule has 2 atom stereocenters. The number of hydrogen-bond acceptors (Lipinski definition) is 2. The number of rotatable bonds is 2. The van der Waals surface area contributed by atoms with Crippen molar-refractivity contribution in [2.24, 2.45) is 0 Å². The van der Waals surface area contributed by atoms with Crippen LogP contribution in [0, 0.1) is 0 Å². The first-order valence-corrected chi connectivity index (χ1v) is 7.39. The van der Waals surface area contributed by atoms with Crippen molar-refractivity contribution in [1.82, 2.24) is 0 Å². The molecule has 0 amide bonds. The molecule has 1 aromatic carbocycles. The highest BCUT2D eigenvalue weighted by molar-refractivity contribution is 9.10. The van der Waals surface area contributed by atoms with Crippen molar-refractivity contribution in [3.8, 4) is 11.5 Å². The minimum Gasteiger partial charge on any atom is -0.496 e. The number of halogens is 2. The predicted molar refractivity (Wildman–Crippen MR) is 76.6 cm³/mol. The van der Waals surface area contributed by atoms with E-state index in [1.54, 1.807) is 14.2 Å². The molecule has 94 valence electrons. The molecule has 0 saturated carbocycles. The van der Waals surface area contributed by atoms with Gasteiger partial charge in [-0.25, -0.2) is 0 Å². The first kappa shape index (κ1) is 13.2. The Morgan fingerprint density at radius 3 is 2.47 bits per heavy atom. The maximum absolute atomic E-state index is 5.53. The summed E-state index contributed by atoms with van der Waals surface area (Å²) in [4.78, 5) is 0.343. The Balaban J connectivity index is 2.71. The number of fused-ring (bicyclic) bond motifs is 1. The highest BCUT2D eigenvalue weighted by Gasteiger charge is 2.30. The summed E-state index contributed by atoms with van der Waals surface area (Å²) in [6.07, 6.45) is 2.30. The van der Waals surface area contributed by atoms with E-state index >= 15 is 0 Å². The SMILES string of the molecule is COc1cc(Br)c(OC)c2c1C(C)CCC2Br. The van der Waals surface area contributed by atoms with Crippen LogP contribution in [0.5, 0.6) is 11.5 Å². The monoisotopic (exact) mass is 362 g/mol. The van der Waals surface area contributed by atoms with E-state index < -0.39 is 0 Å². The van der Waals surface area contributed by atoms with Crippen LogP contribution < -0.4 is 9.47 Å². The molecule has 1 aliphatic rings. The van der Waals surface area contributed by atoms with E-state index in [9.17, 15) is 0 Å². The molecule has 0 radical (unpaired) electrons. The fourth-order valence-corrected chi connectivity index (χ4v) is 3.82. The lowest BCUT2D eigenvalue weighted by Crippen LogP contribution is -2.12. The van der Waals surface area contributed by atoms with Gasteiger partial charge in [0.05, 0.1) is 18.7 Å². The Kier molecular flexibility index (Phi) is 4.03. The molecule has 0 heterocycles. The Bertz CT molecular complexity index is 432. The molecule has 17 heavy (non-hydrogen) atoms. The van der Waals surface area contributed by atoms with E-state index in [2.05, 4.69) is 38.8 Å². The molecule has 1 aliphatic carbocycles. The largest absolute Gasteiger partial charge is 0.496 e. The number of hydrogen-bond donors (Lipinski definition) is 0. The van der Waals surface area contributed by atoms with E-state index in [1.165, 1.54) is 17.5 Å². The van der Waals surface area contributed by atoms with Gasteiger partial charge in [-0.3, -0.25) is 0 Å². The lowest BCUT2D eigenvalue weighted by Gasteiger charge is -2.30. The van der Waals surface area contributed by atoms with E-state index in [1.807, 2.05) is 6.07 Å². The Morgan fingerprint density at radius 1 is 1.18 bits per heavy atom. The van der Waals surface area contributed by atoms with Gasteiger partial charge in [0.2, 0.25) is 0 Å². The average Bonchev–Trinajstić information content (AvgIpc) is 2.32. The molecule has 2 rings (SSSR count). The molecular formula is C13H16Br2O2. The lowest BCUT2D eigenvalue weighted by molar-refractivity contribution is 0.381. The van der Waals surface area contributed by atoms with E-state index in [0.717, 1.165) is 22.4 Å². The predicted octanol–water partition coefficient (Wildman–Crippen LogP) is 4.80. The number of ether oxygens (including phenoxy) is 2. The first-order valence-electron chi connectivity index (χ1n) is 5.68. The standard InChI is InChI=1S/C13H16Br2O2/c1-7-4-5-8(14)12-11(7)10(16-2)6-9(15)13(12)17-3/h6-8H,4-5H2,1-3H3. The van der Waals surface area contributed by atoms with Gasteiger partial charge < -0.3 is 9.47 Å². The van der Waals surface area contributed by atoms with Gasteiger partial charge in [-0.05, 0) is 40.8 Å². The zero-order valence-corrected chi connectivity index (χ0v) is 13.4. The summed E-state index contributed by atoms with van der Waals surface area (Å²) in [5.41, 5.74) is 2.51. The highest BCUT2D eigenvalue weighted by atomic mass is 79.9. The summed E-state index contributed by atoms with van der Waals surface area (Å²) in [6.45, 7) is 2.24. The van der Waals surface area contributed by atoms with Gasteiger partial charge in [0.15, 0.2) is 0 Å². The van der Waals surface area contributed by atoms with Crippen LogP contribution >= 0.6 is 31.9 Å². The maximum Gasteiger partial charge on any atom is 0.137 e. The summed E-state index contributed by atoms with van der Waals surface area (Å²) in [6, 6.07) is 2.00. The lowest BCUT2D eigenvalue weighted by atomic mass is 9.82. The quantitative estimate of drug-likeness (QED) is 0.702. The molecule has 0 saturated heterocycles. The van der Waals surface area contributed by atoms with Crippen molar-refractivity contribution < 1.29 is 9.47 Å². The maximum atomic E-state index is 5.53. The van der Waals surface area contributed by atoms with Crippen LogP contribution in [0.25, 0.3) is 0 Å². The topological polar surface area (TPSA) is 18.5 Å². The third kappa shape index (κ3) is 2.22. The second-order valence-corrected chi connectivity index (χ2v) is 6.33. The molecule has 4 heteroatoms. The van der Waals surface area contributed by atoms with Crippen LogP contribution in [-0.4, -0.2) is 14.2 Å². The van der Waals surface area contributed by atoms with Gasteiger partial charge in [-0.15, -0.1) is 0 Å². The molecule has 0 aromatic heterocycles. The third-order valence-electron chi connectivity index (χ3n) is 3.36. The van der Waals surface area contributed by atoms with Crippen molar-refractivity contribution >= 4 is 31.9 Å². The van der Waals surface area contributed by atoms with Crippen molar-refractivity contribution in [3.63, 3.8) is 0 Å².